The van der Waals surface area contributed by atoms with E-state index in [2.05, 4.69) is 5.32 Å². The highest BCUT2D eigenvalue weighted by Gasteiger charge is 2.23. The maximum atomic E-state index is 12.1. The number of carbonyl (C=O) groups excluding carboxylic acids is 1. The van der Waals surface area contributed by atoms with Gasteiger partial charge in [0.15, 0.2) is 0 Å². The predicted octanol–water partition coefficient (Wildman–Crippen LogP) is 4.35. The van der Waals surface area contributed by atoms with Crippen LogP contribution >= 0.6 is 0 Å². The summed E-state index contributed by atoms with van der Waals surface area (Å²) in [6.45, 7) is 0. The van der Waals surface area contributed by atoms with Crippen molar-refractivity contribution in [2.75, 3.05) is 5.32 Å². The van der Waals surface area contributed by atoms with Crippen LogP contribution in [0.2, 0.25) is 0 Å². The standard InChI is InChI=1S/C19H12N2O4/c22-19-16(15-3-1-2-4-17(15)20-19)11-14-9-10-18(25-14)12-5-7-13(8-6-12)21(23)24/h1-11H,(H,20,22)/b16-11-. The molecule has 0 atom stereocenters. The average molecular weight is 332 g/mol. The molecule has 0 fully saturated rings. The fourth-order valence-corrected chi connectivity index (χ4v) is 2.76. The second kappa shape index (κ2) is 5.76. The van der Waals surface area contributed by atoms with Crippen molar-refractivity contribution in [3.05, 3.63) is 82.1 Å². The van der Waals surface area contributed by atoms with Crippen LogP contribution in [0.15, 0.2) is 65.1 Å². The Morgan fingerprint density at radius 3 is 2.52 bits per heavy atom. The van der Waals surface area contributed by atoms with Gasteiger partial charge in [0.25, 0.3) is 11.6 Å². The Kier molecular flexibility index (Phi) is 3.43. The number of fused-ring (bicyclic) bond motifs is 1. The van der Waals surface area contributed by atoms with Gasteiger partial charge in [0.1, 0.15) is 11.5 Å². The second-order valence-electron chi connectivity index (χ2n) is 5.56. The maximum Gasteiger partial charge on any atom is 0.269 e. The molecule has 1 aliphatic rings. The molecule has 0 bridgehead atoms. The smallest absolute Gasteiger partial charge is 0.269 e. The first-order valence-corrected chi connectivity index (χ1v) is 7.59. The van der Waals surface area contributed by atoms with Gasteiger partial charge in [0.2, 0.25) is 0 Å². The third-order valence-electron chi connectivity index (χ3n) is 3.99. The van der Waals surface area contributed by atoms with Crippen molar-refractivity contribution < 1.29 is 14.1 Å². The van der Waals surface area contributed by atoms with E-state index in [9.17, 15) is 14.9 Å². The average Bonchev–Trinajstić information content (AvgIpc) is 3.20. The minimum Gasteiger partial charge on any atom is -0.457 e. The summed E-state index contributed by atoms with van der Waals surface area (Å²) in [6.07, 6.45) is 1.69. The summed E-state index contributed by atoms with van der Waals surface area (Å²) in [7, 11) is 0. The molecule has 2 heterocycles. The number of non-ortho nitro benzene ring substituents is 1. The molecule has 3 aromatic rings. The minimum atomic E-state index is -0.447. The van der Waals surface area contributed by atoms with Crippen molar-refractivity contribution in [2.45, 2.75) is 0 Å². The van der Waals surface area contributed by atoms with E-state index in [-0.39, 0.29) is 11.6 Å². The Bertz CT molecular complexity index is 1020. The summed E-state index contributed by atoms with van der Waals surface area (Å²) in [5.74, 6) is 0.943. The van der Waals surface area contributed by atoms with Crippen LogP contribution in [0.25, 0.3) is 23.0 Å². The van der Waals surface area contributed by atoms with Gasteiger partial charge in [-0.25, -0.2) is 0 Å². The lowest BCUT2D eigenvalue weighted by molar-refractivity contribution is -0.384. The molecule has 0 aliphatic carbocycles. The Hall–Kier alpha value is -3.67. The molecule has 0 saturated carbocycles. The van der Waals surface area contributed by atoms with Crippen molar-refractivity contribution >= 4 is 28.9 Å². The van der Waals surface area contributed by atoms with Crippen LogP contribution in [-0.2, 0) is 4.79 Å². The van der Waals surface area contributed by atoms with E-state index in [4.69, 9.17) is 4.42 Å². The number of carbonyl (C=O) groups is 1. The van der Waals surface area contributed by atoms with Gasteiger partial charge in [-0.1, -0.05) is 18.2 Å². The topological polar surface area (TPSA) is 85.4 Å². The van der Waals surface area contributed by atoms with Crippen molar-refractivity contribution in [2.24, 2.45) is 0 Å². The number of nitrogens with one attached hydrogen (secondary N) is 1. The van der Waals surface area contributed by atoms with Crippen LogP contribution in [0.1, 0.15) is 11.3 Å². The fraction of sp³-hybridized carbons (Fsp3) is 0. The number of rotatable bonds is 3. The zero-order chi connectivity index (χ0) is 17.4. The van der Waals surface area contributed by atoms with E-state index < -0.39 is 4.92 Å². The molecule has 1 aromatic heterocycles. The highest BCUT2D eigenvalue weighted by Crippen LogP contribution is 2.33. The molecule has 6 nitrogen and oxygen atoms in total. The normalized spacial score (nSPS) is 14.4. The fourth-order valence-electron chi connectivity index (χ4n) is 2.76. The monoisotopic (exact) mass is 332 g/mol. The van der Waals surface area contributed by atoms with Crippen molar-refractivity contribution in [3.63, 3.8) is 0 Å². The van der Waals surface area contributed by atoms with Crippen LogP contribution in [0.3, 0.4) is 0 Å². The third-order valence-corrected chi connectivity index (χ3v) is 3.99. The van der Waals surface area contributed by atoms with Gasteiger partial charge in [0.05, 0.1) is 10.5 Å². The van der Waals surface area contributed by atoms with Crippen LogP contribution in [0, 0.1) is 10.1 Å². The summed E-state index contributed by atoms with van der Waals surface area (Å²) < 4.78 is 5.77. The van der Waals surface area contributed by atoms with Gasteiger partial charge in [-0.05, 0) is 36.4 Å². The Morgan fingerprint density at radius 1 is 1.00 bits per heavy atom. The molecule has 0 spiro atoms. The molecule has 0 radical (unpaired) electrons. The number of furan rings is 1. The van der Waals surface area contributed by atoms with Crippen molar-refractivity contribution in [3.8, 4) is 11.3 Å². The lowest BCUT2D eigenvalue weighted by Gasteiger charge is -1.97. The Balaban J connectivity index is 1.66. The number of nitro groups is 1. The number of benzene rings is 2. The van der Waals surface area contributed by atoms with Crippen LogP contribution in [0.4, 0.5) is 11.4 Å². The van der Waals surface area contributed by atoms with Gasteiger partial charge < -0.3 is 9.73 Å². The Labute approximate surface area is 142 Å². The van der Waals surface area contributed by atoms with E-state index in [0.717, 1.165) is 16.8 Å². The van der Waals surface area contributed by atoms with E-state index in [1.165, 1.54) is 12.1 Å². The van der Waals surface area contributed by atoms with Crippen molar-refractivity contribution in [1.82, 2.24) is 0 Å². The van der Waals surface area contributed by atoms with E-state index in [0.29, 0.717) is 17.1 Å². The number of nitrogens with zero attached hydrogens (tertiary/aromatic N) is 1. The van der Waals surface area contributed by atoms with Gasteiger partial charge in [-0.2, -0.15) is 0 Å². The number of para-hydroxylation sites is 1. The van der Waals surface area contributed by atoms with Crippen LogP contribution < -0.4 is 5.32 Å². The first-order chi connectivity index (χ1) is 12.1. The molecule has 0 saturated heterocycles. The molecular weight excluding hydrogens is 320 g/mol. The minimum absolute atomic E-state index is 0.0249. The van der Waals surface area contributed by atoms with Crippen LogP contribution in [-0.4, -0.2) is 10.8 Å². The molecule has 1 aliphatic heterocycles. The highest BCUT2D eigenvalue weighted by molar-refractivity contribution is 6.34. The lowest BCUT2D eigenvalue weighted by atomic mass is 10.1. The Morgan fingerprint density at radius 2 is 1.76 bits per heavy atom. The third kappa shape index (κ3) is 2.70. The maximum absolute atomic E-state index is 12.1. The lowest BCUT2D eigenvalue weighted by Crippen LogP contribution is -2.03. The molecule has 1 amide bonds. The van der Waals surface area contributed by atoms with Crippen molar-refractivity contribution in [1.29, 1.82) is 0 Å². The quantitative estimate of drug-likeness (QED) is 0.439. The van der Waals surface area contributed by atoms with E-state index in [1.54, 1.807) is 30.3 Å². The largest absolute Gasteiger partial charge is 0.457 e. The van der Waals surface area contributed by atoms with Crippen LogP contribution in [0.5, 0.6) is 0 Å². The van der Waals surface area contributed by atoms with Gasteiger partial charge in [-0.3, -0.25) is 14.9 Å². The SMILES string of the molecule is O=C1Nc2ccccc2/C1=C/c1ccc(-c2ccc([N+](=O)[O-])cc2)o1. The molecule has 4 rings (SSSR count). The summed E-state index contributed by atoms with van der Waals surface area (Å²) in [6, 6.07) is 17.1. The molecule has 6 heteroatoms. The van der Waals surface area contributed by atoms with E-state index >= 15 is 0 Å². The molecule has 0 unspecified atom stereocenters. The summed E-state index contributed by atoms with van der Waals surface area (Å²) in [5.41, 5.74) is 2.91. The zero-order valence-corrected chi connectivity index (χ0v) is 12.9. The zero-order valence-electron chi connectivity index (χ0n) is 12.9. The predicted molar refractivity (Wildman–Crippen MR) is 93.7 cm³/mol. The summed E-state index contributed by atoms with van der Waals surface area (Å²) in [5, 5.41) is 13.5. The number of anilines is 1. The first kappa shape index (κ1) is 14.9. The molecule has 122 valence electrons. The molecule has 2 aromatic carbocycles. The van der Waals surface area contributed by atoms with Gasteiger partial charge >= 0.3 is 0 Å². The second-order valence-corrected chi connectivity index (χ2v) is 5.56. The number of nitro benzene ring substituents is 1. The van der Waals surface area contributed by atoms with E-state index in [1.807, 2.05) is 24.3 Å². The number of hydrogen-bond acceptors (Lipinski definition) is 4. The number of hydrogen-bond donors (Lipinski definition) is 1. The highest BCUT2D eigenvalue weighted by atomic mass is 16.6. The van der Waals surface area contributed by atoms with Gasteiger partial charge in [-0.15, -0.1) is 0 Å². The number of amides is 1. The first-order valence-electron chi connectivity index (χ1n) is 7.59. The summed E-state index contributed by atoms with van der Waals surface area (Å²) in [4.78, 5) is 22.4. The van der Waals surface area contributed by atoms with Gasteiger partial charge in [0, 0.05) is 28.9 Å². The molecular formula is C19H12N2O4. The molecule has 1 N–H and O–H groups in total. The summed E-state index contributed by atoms with van der Waals surface area (Å²) >= 11 is 0. The molecule has 25 heavy (non-hydrogen) atoms.